The molecule has 0 atom stereocenters. The van der Waals surface area contributed by atoms with E-state index in [0.29, 0.717) is 3.57 Å². The van der Waals surface area contributed by atoms with Gasteiger partial charge in [0.25, 0.3) is 5.69 Å². The predicted octanol–water partition coefficient (Wildman–Crippen LogP) is 2.93. The Balaban J connectivity index is 3.46. The number of nitrogens with zero attached hydrogens (tertiary/aromatic N) is 1. The molecule has 0 N–H and O–H groups in total. The van der Waals surface area contributed by atoms with Crippen LogP contribution >= 0.6 is 34.2 Å². The predicted molar refractivity (Wildman–Crippen MR) is 65.6 cm³/mol. The number of hydrogen-bond donors (Lipinski definition) is 0. The quantitative estimate of drug-likeness (QED) is 0.280. The van der Waals surface area contributed by atoms with Crippen LogP contribution in [-0.2, 0) is 0 Å². The van der Waals surface area contributed by atoms with Crippen molar-refractivity contribution in [3.63, 3.8) is 0 Å². The summed E-state index contributed by atoms with van der Waals surface area (Å²) in [6.07, 6.45) is 0. The molecule has 6 heteroatoms. The van der Waals surface area contributed by atoms with E-state index < -0.39 is 10.7 Å². The summed E-state index contributed by atoms with van der Waals surface area (Å²) in [5.74, 6) is -0.676. The Morgan fingerprint density at radius 3 is 2.67 bits per heavy atom. The van der Waals surface area contributed by atoms with Crippen molar-refractivity contribution < 1.29 is 9.72 Å². The lowest BCUT2D eigenvalue weighted by molar-refractivity contribution is -0.386. The lowest BCUT2D eigenvalue weighted by atomic mass is 10.1. The maximum absolute atomic E-state index is 11.4. The van der Waals surface area contributed by atoms with E-state index in [4.69, 9.17) is 11.6 Å². The average Bonchev–Trinajstić information content (AvgIpc) is 2.14. The van der Waals surface area contributed by atoms with Crippen LogP contribution in [0.15, 0.2) is 12.1 Å². The molecule has 0 aliphatic carbocycles. The van der Waals surface area contributed by atoms with Gasteiger partial charge in [-0.2, -0.15) is 0 Å². The third-order valence-corrected chi connectivity index (χ3v) is 2.88. The molecule has 0 aliphatic rings. The van der Waals surface area contributed by atoms with Gasteiger partial charge in [-0.25, -0.2) is 0 Å². The summed E-state index contributed by atoms with van der Waals surface area (Å²) in [6, 6.07) is 3.15. The molecule has 0 saturated carbocycles. The summed E-state index contributed by atoms with van der Waals surface area (Å²) >= 11 is 7.23. The minimum atomic E-state index is -0.555. The third kappa shape index (κ3) is 2.66. The van der Waals surface area contributed by atoms with Crippen LogP contribution in [-0.4, -0.2) is 16.6 Å². The zero-order valence-corrected chi connectivity index (χ0v) is 10.7. The average molecular weight is 340 g/mol. The van der Waals surface area contributed by atoms with Crippen LogP contribution in [0.5, 0.6) is 0 Å². The Labute approximate surface area is 105 Å². The van der Waals surface area contributed by atoms with Gasteiger partial charge in [0.05, 0.1) is 19.9 Å². The molecule has 1 aromatic rings. The second kappa shape index (κ2) is 4.89. The number of aryl methyl sites for hydroxylation is 1. The molecule has 0 aromatic heterocycles. The number of carbonyl (C=O) groups excluding carboxylic acids is 1. The van der Waals surface area contributed by atoms with E-state index in [1.807, 2.05) is 22.6 Å². The molecule has 0 unspecified atom stereocenters. The zero-order valence-electron chi connectivity index (χ0n) is 7.79. The van der Waals surface area contributed by atoms with Gasteiger partial charge in [-0.15, -0.1) is 11.6 Å². The van der Waals surface area contributed by atoms with Crippen molar-refractivity contribution in [2.45, 2.75) is 6.92 Å². The molecular weight excluding hydrogens is 332 g/mol. The van der Waals surface area contributed by atoms with E-state index in [2.05, 4.69) is 0 Å². The fourth-order valence-corrected chi connectivity index (χ4v) is 2.33. The summed E-state index contributed by atoms with van der Waals surface area (Å²) in [5.41, 5.74) is 0.727. The number of halogens is 2. The topological polar surface area (TPSA) is 60.2 Å². The Hall–Kier alpha value is -0.690. The highest BCUT2D eigenvalue weighted by molar-refractivity contribution is 14.1. The first kappa shape index (κ1) is 12.4. The first-order valence-electron chi connectivity index (χ1n) is 4.01. The highest BCUT2D eigenvalue weighted by atomic mass is 127. The van der Waals surface area contributed by atoms with E-state index in [0.717, 1.165) is 5.56 Å². The van der Waals surface area contributed by atoms with Crippen LogP contribution in [0.3, 0.4) is 0 Å². The highest BCUT2D eigenvalue weighted by Crippen LogP contribution is 2.27. The van der Waals surface area contributed by atoms with Crippen molar-refractivity contribution >= 4 is 45.7 Å². The van der Waals surface area contributed by atoms with E-state index in [1.54, 1.807) is 13.0 Å². The molecule has 80 valence electrons. The lowest BCUT2D eigenvalue weighted by Crippen LogP contribution is -2.07. The van der Waals surface area contributed by atoms with E-state index in [-0.39, 0.29) is 17.1 Å². The molecule has 1 rings (SSSR count). The molecule has 0 bridgehead atoms. The number of hydrogen-bond acceptors (Lipinski definition) is 3. The first-order chi connectivity index (χ1) is 6.97. The number of alkyl halides is 1. The van der Waals surface area contributed by atoms with Crippen molar-refractivity contribution in [1.82, 2.24) is 0 Å². The summed E-state index contributed by atoms with van der Waals surface area (Å²) < 4.78 is 0.450. The summed E-state index contributed by atoms with van der Waals surface area (Å²) in [7, 11) is 0. The number of nitro groups is 1. The van der Waals surface area contributed by atoms with E-state index >= 15 is 0 Å². The van der Waals surface area contributed by atoms with Crippen molar-refractivity contribution in [2.75, 3.05) is 5.88 Å². The molecule has 0 amide bonds. The second-order valence-electron chi connectivity index (χ2n) is 2.96. The van der Waals surface area contributed by atoms with Crippen LogP contribution in [0.25, 0.3) is 0 Å². The molecule has 0 radical (unpaired) electrons. The third-order valence-electron chi connectivity index (χ3n) is 1.81. The van der Waals surface area contributed by atoms with Crippen molar-refractivity contribution in [3.8, 4) is 0 Å². The van der Waals surface area contributed by atoms with Crippen LogP contribution in [0.1, 0.15) is 15.9 Å². The summed E-state index contributed by atoms with van der Waals surface area (Å²) in [5, 5.41) is 10.8. The van der Waals surface area contributed by atoms with Crippen LogP contribution in [0, 0.1) is 20.6 Å². The molecule has 0 saturated heterocycles. The number of benzene rings is 1. The maximum Gasteiger partial charge on any atom is 0.293 e. The van der Waals surface area contributed by atoms with Gasteiger partial charge in [0, 0.05) is 0 Å². The van der Waals surface area contributed by atoms with Crippen LogP contribution in [0.4, 0.5) is 5.69 Å². The SMILES string of the molecule is Cc1cc(I)c([N+](=O)[O-])c(C(=O)CCl)c1. The molecule has 0 spiro atoms. The van der Waals surface area contributed by atoms with Gasteiger partial charge < -0.3 is 0 Å². The summed E-state index contributed by atoms with van der Waals surface area (Å²) in [4.78, 5) is 21.6. The fraction of sp³-hybridized carbons (Fsp3) is 0.222. The van der Waals surface area contributed by atoms with Crippen LogP contribution in [0.2, 0.25) is 0 Å². The van der Waals surface area contributed by atoms with Crippen molar-refractivity contribution in [1.29, 1.82) is 0 Å². The van der Waals surface area contributed by atoms with Gasteiger partial charge in [0.1, 0.15) is 0 Å². The Morgan fingerprint density at radius 1 is 1.60 bits per heavy atom. The number of nitro benzene ring substituents is 1. The lowest BCUT2D eigenvalue weighted by Gasteiger charge is -2.03. The zero-order chi connectivity index (χ0) is 11.6. The normalized spacial score (nSPS) is 10.1. The molecule has 0 fully saturated rings. The maximum atomic E-state index is 11.4. The largest absolute Gasteiger partial charge is 0.293 e. The minimum absolute atomic E-state index is 0.0828. The summed E-state index contributed by atoms with van der Waals surface area (Å²) in [6.45, 7) is 1.77. The minimum Gasteiger partial charge on any atom is -0.293 e. The second-order valence-corrected chi connectivity index (χ2v) is 4.39. The smallest absolute Gasteiger partial charge is 0.293 e. The molecule has 0 heterocycles. The van der Waals surface area contributed by atoms with E-state index in [9.17, 15) is 14.9 Å². The first-order valence-corrected chi connectivity index (χ1v) is 5.62. The molecule has 1 aromatic carbocycles. The van der Waals surface area contributed by atoms with Crippen molar-refractivity contribution in [2.24, 2.45) is 0 Å². The fourth-order valence-electron chi connectivity index (χ4n) is 1.20. The Bertz CT molecular complexity index is 434. The Kier molecular flexibility index (Phi) is 4.04. The number of ketones is 1. The molecular formula is C9H7ClINO3. The Morgan fingerprint density at radius 2 is 2.20 bits per heavy atom. The standard InChI is InChI=1S/C9H7ClINO3/c1-5-2-6(8(13)4-10)9(12(14)15)7(11)3-5/h2-3H,4H2,1H3. The van der Waals surface area contributed by atoms with Gasteiger partial charge in [-0.1, -0.05) is 0 Å². The molecule has 0 aliphatic heterocycles. The number of Topliss-reactive ketones (excluding diaryl/α,β-unsaturated/α-hetero) is 1. The van der Waals surface area contributed by atoms with Gasteiger partial charge in [0.15, 0.2) is 5.78 Å². The van der Waals surface area contributed by atoms with Gasteiger partial charge >= 0.3 is 0 Å². The van der Waals surface area contributed by atoms with Crippen LogP contribution < -0.4 is 0 Å². The monoisotopic (exact) mass is 339 g/mol. The van der Waals surface area contributed by atoms with Crippen molar-refractivity contribution in [3.05, 3.63) is 36.9 Å². The molecule has 15 heavy (non-hydrogen) atoms. The van der Waals surface area contributed by atoms with Gasteiger partial charge in [0.2, 0.25) is 0 Å². The van der Waals surface area contributed by atoms with Gasteiger partial charge in [-0.05, 0) is 47.2 Å². The number of carbonyl (C=O) groups is 1. The molecule has 4 nitrogen and oxygen atoms in total. The van der Waals surface area contributed by atoms with Gasteiger partial charge in [-0.3, -0.25) is 14.9 Å². The van der Waals surface area contributed by atoms with E-state index in [1.165, 1.54) is 6.07 Å². The highest BCUT2D eigenvalue weighted by Gasteiger charge is 2.23. The number of rotatable bonds is 3.